The summed E-state index contributed by atoms with van der Waals surface area (Å²) < 4.78 is 5.30. The molecule has 2 aromatic rings. The quantitative estimate of drug-likeness (QED) is 0.607. The van der Waals surface area contributed by atoms with Crippen molar-refractivity contribution in [3.05, 3.63) is 60.2 Å². The van der Waals surface area contributed by atoms with Gasteiger partial charge in [-0.2, -0.15) is 0 Å². The molecule has 2 aliphatic heterocycles. The van der Waals surface area contributed by atoms with E-state index in [2.05, 4.69) is 4.90 Å². The van der Waals surface area contributed by atoms with Gasteiger partial charge in [-0.05, 0) is 11.1 Å². The number of Topliss-reactive ketones (excluding diaryl/α,β-unsaturated/α-hetero) is 1. The van der Waals surface area contributed by atoms with E-state index in [1.54, 1.807) is 0 Å². The SMILES string of the molecule is O=C(CCC(=O)N1CCN(CC(=O)N2CCOCC2)CC1)c1ccc(-c2ccccc2)cc1. The fourth-order valence-corrected chi connectivity index (χ4v) is 4.26. The Morgan fingerprint density at radius 3 is 1.94 bits per heavy atom. The monoisotopic (exact) mass is 449 g/mol. The van der Waals surface area contributed by atoms with E-state index in [-0.39, 0.29) is 30.4 Å². The van der Waals surface area contributed by atoms with Crippen LogP contribution in [0.5, 0.6) is 0 Å². The molecule has 0 aliphatic carbocycles. The third kappa shape index (κ3) is 6.27. The van der Waals surface area contributed by atoms with Crippen LogP contribution >= 0.6 is 0 Å². The van der Waals surface area contributed by atoms with Crippen molar-refractivity contribution in [1.82, 2.24) is 14.7 Å². The lowest BCUT2D eigenvalue weighted by Gasteiger charge is -2.36. The molecule has 7 heteroatoms. The van der Waals surface area contributed by atoms with Crippen LogP contribution < -0.4 is 0 Å². The van der Waals surface area contributed by atoms with Gasteiger partial charge in [0.25, 0.3) is 0 Å². The Hall–Kier alpha value is -3.03. The number of benzene rings is 2. The number of ether oxygens (including phenoxy) is 1. The first-order valence-electron chi connectivity index (χ1n) is 11.6. The highest BCUT2D eigenvalue weighted by molar-refractivity contribution is 5.98. The van der Waals surface area contributed by atoms with Crippen molar-refractivity contribution >= 4 is 17.6 Å². The molecule has 2 heterocycles. The van der Waals surface area contributed by atoms with E-state index in [1.807, 2.05) is 64.4 Å². The van der Waals surface area contributed by atoms with Gasteiger partial charge in [0, 0.05) is 57.7 Å². The smallest absolute Gasteiger partial charge is 0.236 e. The first-order valence-corrected chi connectivity index (χ1v) is 11.6. The van der Waals surface area contributed by atoms with Crippen LogP contribution in [0.25, 0.3) is 11.1 Å². The van der Waals surface area contributed by atoms with E-state index in [0.717, 1.165) is 11.1 Å². The van der Waals surface area contributed by atoms with Crippen LogP contribution in [0.15, 0.2) is 54.6 Å². The lowest BCUT2D eigenvalue weighted by Crippen LogP contribution is -2.52. The molecule has 174 valence electrons. The van der Waals surface area contributed by atoms with Crippen molar-refractivity contribution < 1.29 is 19.1 Å². The molecule has 0 radical (unpaired) electrons. The molecular formula is C26H31N3O4. The topological polar surface area (TPSA) is 70.2 Å². The highest BCUT2D eigenvalue weighted by atomic mass is 16.5. The number of morpholine rings is 1. The van der Waals surface area contributed by atoms with Crippen LogP contribution in [0, 0.1) is 0 Å². The average Bonchev–Trinajstić information content (AvgIpc) is 2.88. The minimum Gasteiger partial charge on any atom is -0.378 e. The van der Waals surface area contributed by atoms with Gasteiger partial charge in [-0.1, -0.05) is 54.6 Å². The molecule has 0 atom stereocenters. The summed E-state index contributed by atoms with van der Waals surface area (Å²) in [4.78, 5) is 43.3. The van der Waals surface area contributed by atoms with Gasteiger partial charge < -0.3 is 14.5 Å². The molecular weight excluding hydrogens is 418 g/mol. The zero-order valence-electron chi connectivity index (χ0n) is 18.9. The molecule has 2 aromatic carbocycles. The molecule has 4 rings (SSSR count). The van der Waals surface area contributed by atoms with E-state index in [0.29, 0.717) is 64.6 Å². The Morgan fingerprint density at radius 1 is 0.667 bits per heavy atom. The first kappa shape index (κ1) is 23.1. The zero-order chi connectivity index (χ0) is 23.0. The van der Waals surface area contributed by atoms with E-state index < -0.39 is 0 Å². The van der Waals surface area contributed by atoms with E-state index >= 15 is 0 Å². The van der Waals surface area contributed by atoms with Gasteiger partial charge in [-0.25, -0.2) is 0 Å². The number of carbonyl (C=O) groups is 3. The van der Waals surface area contributed by atoms with Gasteiger partial charge in [0.05, 0.1) is 19.8 Å². The van der Waals surface area contributed by atoms with E-state index in [1.165, 1.54) is 0 Å². The molecule has 0 spiro atoms. The van der Waals surface area contributed by atoms with Gasteiger partial charge in [0.15, 0.2) is 5.78 Å². The van der Waals surface area contributed by atoms with Gasteiger partial charge in [-0.15, -0.1) is 0 Å². The second-order valence-corrected chi connectivity index (χ2v) is 8.52. The van der Waals surface area contributed by atoms with Gasteiger partial charge >= 0.3 is 0 Å². The molecule has 0 bridgehead atoms. The van der Waals surface area contributed by atoms with Gasteiger partial charge in [0.1, 0.15) is 0 Å². The fourth-order valence-electron chi connectivity index (χ4n) is 4.26. The maximum absolute atomic E-state index is 12.6. The molecule has 0 unspecified atom stereocenters. The van der Waals surface area contributed by atoms with Crippen LogP contribution in [-0.2, 0) is 14.3 Å². The number of nitrogens with zero attached hydrogens (tertiary/aromatic N) is 3. The Bertz CT molecular complexity index is 947. The minimum absolute atomic E-state index is 0.00316. The number of hydrogen-bond acceptors (Lipinski definition) is 5. The molecule has 2 aliphatic rings. The Labute approximate surface area is 194 Å². The van der Waals surface area contributed by atoms with Crippen LogP contribution in [0.2, 0.25) is 0 Å². The summed E-state index contributed by atoms with van der Waals surface area (Å²) in [5.41, 5.74) is 2.81. The molecule has 33 heavy (non-hydrogen) atoms. The van der Waals surface area contributed by atoms with Crippen molar-refractivity contribution in [2.24, 2.45) is 0 Å². The van der Waals surface area contributed by atoms with Crippen LogP contribution in [0.1, 0.15) is 23.2 Å². The molecule has 2 fully saturated rings. The number of ketones is 1. The molecule has 0 aromatic heterocycles. The Balaban J connectivity index is 1.19. The van der Waals surface area contributed by atoms with Gasteiger partial charge in [0.2, 0.25) is 11.8 Å². The van der Waals surface area contributed by atoms with Crippen LogP contribution in [0.4, 0.5) is 0 Å². The minimum atomic E-state index is -0.0160. The summed E-state index contributed by atoms with van der Waals surface area (Å²) in [6.45, 7) is 5.44. The van der Waals surface area contributed by atoms with E-state index in [9.17, 15) is 14.4 Å². The van der Waals surface area contributed by atoms with Crippen LogP contribution in [0.3, 0.4) is 0 Å². The second-order valence-electron chi connectivity index (χ2n) is 8.52. The first-order chi connectivity index (χ1) is 16.1. The largest absolute Gasteiger partial charge is 0.378 e. The summed E-state index contributed by atoms with van der Waals surface area (Å²) in [6, 6.07) is 17.6. The summed E-state index contributed by atoms with van der Waals surface area (Å²) in [6.07, 6.45) is 0.422. The van der Waals surface area contributed by atoms with E-state index in [4.69, 9.17) is 4.74 Å². The zero-order valence-corrected chi connectivity index (χ0v) is 18.9. The second kappa shape index (κ2) is 11.2. The van der Waals surface area contributed by atoms with Crippen molar-refractivity contribution in [1.29, 1.82) is 0 Å². The number of piperazine rings is 1. The summed E-state index contributed by atoms with van der Waals surface area (Å²) in [7, 11) is 0. The molecule has 2 saturated heterocycles. The number of rotatable bonds is 7. The third-order valence-corrected chi connectivity index (χ3v) is 6.33. The highest BCUT2D eigenvalue weighted by Gasteiger charge is 2.25. The van der Waals surface area contributed by atoms with Crippen molar-refractivity contribution in [2.75, 3.05) is 59.0 Å². The van der Waals surface area contributed by atoms with Gasteiger partial charge in [-0.3, -0.25) is 19.3 Å². The van der Waals surface area contributed by atoms with Crippen LogP contribution in [-0.4, -0.2) is 91.3 Å². The highest BCUT2D eigenvalue weighted by Crippen LogP contribution is 2.20. The predicted octanol–water partition coefficient (Wildman–Crippen LogP) is 2.32. The van der Waals surface area contributed by atoms with Crippen molar-refractivity contribution in [3.8, 4) is 11.1 Å². The molecule has 2 amide bonds. The van der Waals surface area contributed by atoms with Crippen molar-refractivity contribution in [2.45, 2.75) is 12.8 Å². The number of hydrogen-bond donors (Lipinski definition) is 0. The van der Waals surface area contributed by atoms with Crippen molar-refractivity contribution in [3.63, 3.8) is 0 Å². The molecule has 0 saturated carbocycles. The lowest BCUT2D eigenvalue weighted by atomic mass is 10.0. The summed E-state index contributed by atoms with van der Waals surface area (Å²) in [5.74, 6) is 0.114. The maximum Gasteiger partial charge on any atom is 0.236 e. The number of carbonyl (C=O) groups excluding carboxylic acids is 3. The maximum atomic E-state index is 12.6. The normalized spacial score (nSPS) is 17.1. The Kier molecular flexibility index (Phi) is 7.86. The fraction of sp³-hybridized carbons (Fsp3) is 0.423. The molecule has 0 N–H and O–H groups in total. The summed E-state index contributed by atoms with van der Waals surface area (Å²) in [5, 5.41) is 0. The average molecular weight is 450 g/mol. The lowest BCUT2D eigenvalue weighted by molar-refractivity contribution is -0.138. The Morgan fingerprint density at radius 2 is 1.27 bits per heavy atom. The third-order valence-electron chi connectivity index (χ3n) is 6.33. The number of amides is 2. The standard InChI is InChI=1S/C26H31N3O4/c30-24(23-8-6-22(7-9-23)21-4-2-1-3-5-21)10-11-25(31)28-14-12-27(13-15-28)20-26(32)29-16-18-33-19-17-29/h1-9H,10-20H2. The summed E-state index contributed by atoms with van der Waals surface area (Å²) >= 11 is 0. The molecule has 7 nitrogen and oxygen atoms in total. The predicted molar refractivity (Wildman–Crippen MR) is 126 cm³/mol.